The van der Waals surface area contributed by atoms with E-state index < -0.39 is 12.1 Å². The summed E-state index contributed by atoms with van der Waals surface area (Å²) in [4.78, 5) is 11.9. The molecule has 2 amide bonds. The third-order valence-electron chi connectivity index (χ3n) is 4.83. The average molecular weight is 345 g/mol. The average Bonchev–Trinajstić information content (AvgIpc) is 2.95. The Bertz CT molecular complexity index is 580. The van der Waals surface area contributed by atoms with Crippen LogP contribution in [0.15, 0.2) is 0 Å². The molecule has 1 fully saturated rings. The summed E-state index contributed by atoms with van der Waals surface area (Å²) in [5.41, 5.74) is 0. The molecule has 134 valence electrons. The van der Waals surface area contributed by atoms with E-state index >= 15 is 0 Å². The van der Waals surface area contributed by atoms with Crippen LogP contribution >= 0.6 is 0 Å². The lowest BCUT2D eigenvalue weighted by atomic mass is 9.96. The van der Waals surface area contributed by atoms with Crippen LogP contribution in [0.25, 0.3) is 0 Å². The van der Waals surface area contributed by atoms with Gasteiger partial charge in [0, 0.05) is 19.0 Å². The van der Waals surface area contributed by atoms with E-state index in [1.165, 1.54) is 11.0 Å². The molecule has 1 atom stereocenters. The van der Waals surface area contributed by atoms with E-state index in [4.69, 9.17) is 0 Å². The van der Waals surface area contributed by atoms with Gasteiger partial charge in [-0.05, 0) is 19.3 Å². The molecule has 2 heterocycles. The Hall–Kier alpha value is -1.80. The van der Waals surface area contributed by atoms with Crippen molar-refractivity contribution in [2.75, 3.05) is 0 Å². The van der Waals surface area contributed by atoms with Crippen molar-refractivity contribution in [1.29, 1.82) is 0 Å². The van der Waals surface area contributed by atoms with Gasteiger partial charge in [0.05, 0.1) is 12.5 Å². The zero-order chi connectivity index (χ0) is 17.2. The van der Waals surface area contributed by atoms with Crippen molar-refractivity contribution in [3.05, 3.63) is 11.6 Å². The molecule has 2 N–H and O–H groups in total. The number of carbonyl (C=O) groups is 1. The molecule has 0 radical (unpaired) electrons. The molecule has 0 aromatic carbocycles. The molecular weight excluding hydrogens is 323 g/mol. The standard InChI is InChI=1S/C15H22F3N5O/c16-15(17,18)10-6-7-12-21-22-13(23(12)9-10)8-19-14(24)20-11-4-2-1-3-5-11/h10-11H,1-9H2,(H2,19,20,24). The summed E-state index contributed by atoms with van der Waals surface area (Å²) in [5.74, 6) is -0.450. The highest BCUT2D eigenvalue weighted by Gasteiger charge is 2.42. The number of nitrogens with zero attached hydrogens (tertiary/aromatic N) is 3. The molecule has 1 aromatic heterocycles. The van der Waals surface area contributed by atoms with Gasteiger partial charge in [0.1, 0.15) is 5.82 Å². The summed E-state index contributed by atoms with van der Waals surface area (Å²) >= 11 is 0. The van der Waals surface area contributed by atoms with Crippen LogP contribution in [0, 0.1) is 5.92 Å². The molecule has 0 saturated heterocycles. The maximum atomic E-state index is 12.9. The normalized spacial score (nSPS) is 22.0. The van der Waals surface area contributed by atoms with Crippen molar-refractivity contribution in [1.82, 2.24) is 25.4 Å². The zero-order valence-corrected chi connectivity index (χ0v) is 13.4. The molecule has 6 nitrogen and oxygen atoms in total. The summed E-state index contributed by atoms with van der Waals surface area (Å²) in [7, 11) is 0. The van der Waals surface area contributed by atoms with Gasteiger partial charge in [-0.15, -0.1) is 10.2 Å². The first-order chi connectivity index (χ1) is 11.4. The van der Waals surface area contributed by atoms with Gasteiger partial charge in [-0.2, -0.15) is 13.2 Å². The van der Waals surface area contributed by atoms with E-state index in [9.17, 15) is 18.0 Å². The van der Waals surface area contributed by atoms with Crippen molar-refractivity contribution in [2.45, 2.75) is 70.3 Å². The van der Waals surface area contributed by atoms with Gasteiger partial charge in [-0.25, -0.2) is 4.79 Å². The topological polar surface area (TPSA) is 71.8 Å². The maximum absolute atomic E-state index is 12.9. The molecule has 1 saturated carbocycles. The molecule has 1 aliphatic heterocycles. The molecular formula is C15H22F3N5O. The van der Waals surface area contributed by atoms with Gasteiger partial charge in [0.2, 0.25) is 0 Å². The van der Waals surface area contributed by atoms with Gasteiger partial charge in [-0.3, -0.25) is 0 Å². The number of hydrogen-bond donors (Lipinski definition) is 2. The number of carbonyl (C=O) groups excluding carboxylic acids is 1. The van der Waals surface area contributed by atoms with E-state index in [0.29, 0.717) is 11.6 Å². The minimum absolute atomic E-state index is 0.0389. The third kappa shape index (κ3) is 3.99. The van der Waals surface area contributed by atoms with Gasteiger partial charge in [-0.1, -0.05) is 19.3 Å². The van der Waals surface area contributed by atoms with Crippen LogP contribution in [0.5, 0.6) is 0 Å². The zero-order valence-electron chi connectivity index (χ0n) is 13.4. The van der Waals surface area contributed by atoms with Gasteiger partial charge < -0.3 is 15.2 Å². The second-order valence-corrected chi connectivity index (χ2v) is 6.58. The molecule has 1 aromatic rings. The summed E-state index contributed by atoms with van der Waals surface area (Å²) in [5, 5.41) is 13.5. The van der Waals surface area contributed by atoms with Crippen LogP contribution in [-0.2, 0) is 19.5 Å². The lowest BCUT2D eigenvalue weighted by Gasteiger charge is -2.26. The minimum Gasteiger partial charge on any atom is -0.335 e. The van der Waals surface area contributed by atoms with Crippen molar-refractivity contribution in [2.24, 2.45) is 5.92 Å². The molecule has 1 unspecified atom stereocenters. The van der Waals surface area contributed by atoms with E-state index in [1.54, 1.807) is 0 Å². The fourth-order valence-corrected chi connectivity index (χ4v) is 3.42. The minimum atomic E-state index is -4.22. The van der Waals surface area contributed by atoms with Crippen molar-refractivity contribution in [3.63, 3.8) is 0 Å². The second kappa shape index (κ2) is 6.98. The number of alkyl halides is 3. The molecule has 0 bridgehead atoms. The van der Waals surface area contributed by atoms with Gasteiger partial charge >= 0.3 is 12.2 Å². The number of amides is 2. The first-order valence-electron chi connectivity index (χ1n) is 8.45. The van der Waals surface area contributed by atoms with Gasteiger partial charge in [0.15, 0.2) is 5.82 Å². The number of halogens is 3. The quantitative estimate of drug-likeness (QED) is 0.884. The largest absolute Gasteiger partial charge is 0.393 e. The first-order valence-corrected chi connectivity index (χ1v) is 8.45. The van der Waals surface area contributed by atoms with Crippen LogP contribution in [-0.4, -0.2) is 33.0 Å². The first kappa shape index (κ1) is 17.0. The van der Waals surface area contributed by atoms with E-state index in [1.807, 2.05) is 0 Å². The number of nitrogens with one attached hydrogen (secondary N) is 2. The van der Waals surface area contributed by atoms with E-state index in [0.717, 1.165) is 25.7 Å². The molecule has 24 heavy (non-hydrogen) atoms. The molecule has 9 heteroatoms. The fourth-order valence-electron chi connectivity index (χ4n) is 3.42. The van der Waals surface area contributed by atoms with Crippen LogP contribution in [0.3, 0.4) is 0 Å². The lowest BCUT2D eigenvalue weighted by Crippen LogP contribution is -2.43. The Morgan fingerprint density at radius 1 is 1.17 bits per heavy atom. The number of hydrogen-bond acceptors (Lipinski definition) is 3. The summed E-state index contributed by atoms with van der Waals surface area (Å²) in [6.07, 6.45) is 1.45. The Morgan fingerprint density at radius 2 is 1.92 bits per heavy atom. The van der Waals surface area contributed by atoms with Crippen LogP contribution < -0.4 is 10.6 Å². The summed E-state index contributed by atoms with van der Waals surface area (Å²) < 4.78 is 40.2. The predicted octanol–water partition coefficient (Wildman–Crippen LogP) is 2.53. The van der Waals surface area contributed by atoms with Crippen LogP contribution in [0.1, 0.15) is 50.2 Å². The van der Waals surface area contributed by atoms with E-state index in [-0.39, 0.29) is 38.0 Å². The number of aromatic nitrogens is 3. The third-order valence-corrected chi connectivity index (χ3v) is 4.83. The Kier molecular flexibility index (Phi) is 4.96. The van der Waals surface area contributed by atoms with Gasteiger partial charge in [0.25, 0.3) is 0 Å². The Morgan fingerprint density at radius 3 is 2.62 bits per heavy atom. The highest BCUT2D eigenvalue weighted by Crippen LogP contribution is 2.34. The van der Waals surface area contributed by atoms with E-state index in [2.05, 4.69) is 20.8 Å². The predicted molar refractivity (Wildman–Crippen MR) is 80.1 cm³/mol. The number of rotatable bonds is 3. The molecule has 3 rings (SSSR count). The summed E-state index contributed by atoms with van der Waals surface area (Å²) in [6.45, 7) is -0.0940. The van der Waals surface area contributed by atoms with Crippen molar-refractivity contribution < 1.29 is 18.0 Å². The maximum Gasteiger partial charge on any atom is 0.393 e. The summed E-state index contributed by atoms with van der Waals surface area (Å²) in [6, 6.07) is -0.122. The fraction of sp³-hybridized carbons (Fsp3) is 0.800. The SMILES string of the molecule is O=C(NCc1nnc2n1CC(C(F)(F)F)CC2)NC1CCCCC1. The number of fused-ring (bicyclic) bond motifs is 1. The lowest BCUT2D eigenvalue weighted by molar-refractivity contribution is -0.182. The Balaban J connectivity index is 1.55. The van der Waals surface area contributed by atoms with Crippen LogP contribution in [0.4, 0.5) is 18.0 Å². The smallest absolute Gasteiger partial charge is 0.335 e. The highest BCUT2D eigenvalue weighted by atomic mass is 19.4. The molecule has 2 aliphatic rings. The Labute approximate surface area is 138 Å². The molecule has 0 spiro atoms. The second-order valence-electron chi connectivity index (χ2n) is 6.58. The monoisotopic (exact) mass is 345 g/mol. The van der Waals surface area contributed by atoms with Crippen LogP contribution in [0.2, 0.25) is 0 Å². The molecule has 1 aliphatic carbocycles. The highest BCUT2D eigenvalue weighted by molar-refractivity contribution is 5.74. The van der Waals surface area contributed by atoms with Crippen molar-refractivity contribution >= 4 is 6.03 Å². The number of urea groups is 1. The number of aryl methyl sites for hydroxylation is 1. The van der Waals surface area contributed by atoms with Crippen molar-refractivity contribution in [3.8, 4) is 0 Å².